The number of nitrogens with one attached hydrogen (secondary N) is 1. The molecule has 5 heteroatoms. The molecule has 1 unspecified atom stereocenters. The lowest BCUT2D eigenvalue weighted by Gasteiger charge is -2.32. The zero-order chi connectivity index (χ0) is 13.7. The molecule has 0 spiro atoms. The van der Waals surface area contributed by atoms with Crippen LogP contribution in [0.3, 0.4) is 0 Å². The van der Waals surface area contributed by atoms with Crippen molar-refractivity contribution in [2.45, 2.75) is 65.2 Å². The lowest BCUT2D eigenvalue weighted by atomic mass is 10.0. The Morgan fingerprint density at radius 2 is 2.32 bits per heavy atom. The molecular weight excluding hydrogens is 238 g/mol. The fourth-order valence-electron chi connectivity index (χ4n) is 2.68. The van der Waals surface area contributed by atoms with Crippen LogP contribution in [0.5, 0.6) is 0 Å². The van der Waals surface area contributed by atoms with E-state index in [1.165, 1.54) is 25.8 Å². The van der Waals surface area contributed by atoms with Crippen molar-refractivity contribution in [1.29, 1.82) is 0 Å². The lowest BCUT2D eigenvalue weighted by molar-refractivity contribution is 0.170. The maximum atomic E-state index is 4.39. The van der Waals surface area contributed by atoms with Crippen LogP contribution in [-0.2, 0) is 13.1 Å². The smallest absolute Gasteiger partial charge is 0.141 e. The molecule has 1 aliphatic rings. The monoisotopic (exact) mass is 265 g/mol. The summed E-state index contributed by atoms with van der Waals surface area (Å²) in [5.74, 6) is 1.08. The maximum absolute atomic E-state index is 4.39. The van der Waals surface area contributed by atoms with E-state index < -0.39 is 0 Å². The van der Waals surface area contributed by atoms with Crippen molar-refractivity contribution in [1.82, 2.24) is 25.0 Å². The summed E-state index contributed by atoms with van der Waals surface area (Å²) in [5, 5.41) is 7.89. The van der Waals surface area contributed by atoms with E-state index in [0.29, 0.717) is 12.1 Å². The molecule has 2 heterocycles. The zero-order valence-electron chi connectivity index (χ0n) is 12.5. The molecule has 0 aliphatic carbocycles. The number of hydrogen-bond acceptors (Lipinski definition) is 4. The summed E-state index contributed by atoms with van der Waals surface area (Å²) < 4.78 is 1.99. The molecule has 0 saturated carbocycles. The van der Waals surface area contributed by atoms with Gasteiger partial charge in [-0.3, -0.25) is 4.90 Å². The van der Waals surface area contributed by atoms with Gasteiger partial charge in [0.25, 0.3) is 0 Å². The van der Waals surface area contributed by atoms with Crippen molar-refractivity contribution in [3.63, 3.8) is 0 Å². The van der Waals surface area contributed by atoms with Gasteiger partial charge in [-0.05, 0) is 40.2 Å². The first kappa shape index (κ1) is 14.5. The SMILES string of the molecule is CCn1ncnc1CN(CC1CCCCN1)C(C)C. The van der Waals surface area contributed by atoms with Crippen LogP contribution in [0.2, 0.25) is 0 Å². The Morgan fingerprint density at radius 1 is 1.47 bits per heavy atom. The highest BCUT2D eigenvalue weighted by molar-refractivity contribution is 4.87. The van der Waals surface area contributed by atoms with E-state index in [-0.39, 0.29) is 0 Å². The van der Waals surface area contributed by atoms with Crippen LogP contribution in [0.15, 0.2) is 6.33 Å². The molecule has 5 nitrogen and oxygen atoms in total. The Kier molecular flexibility index (Phi) is 5.34. The van der Waals surface area contributed by atoms with Crippen LogP contribution in [-0.4, -0.2) is 44.8 Å². The molecule has 1 aromatic rings. The molecule has 1 N–H and O–H groups in total. The van der Waals surface area contributed by atoms with Crippen LogP contribution in [0.1, 0.15) is 45.9 Å². The summed E-state index contributed by atoms with van der Waals surface area (Å²) in [4.78, 5) is 6.89. The normalized spacial score (nSPS) is 20.4. The van der Waals surface area contributed by atoms with E-state index in [2.05, 4.69) is 41.1 Å². The summed E-state index contributed by atoms with van der Waals surface area (Å²) in [6.07, 6.45) is 5.64. The van der Waals surface area contributed by atoms with Crippen molar-refractivity contribution < 1.29 is 0 Å². The molecule has 108 valence electrons. The molecule has 1 aromatic heterocycles. The Labute approximate surface area is 116 Å². The lowest BCUT2D eigenvalue weighted by Crippen LogP contribution is -2.45. The predicted molar refractivity (Wildman–Crippen MR) is 76.9 cm³/mol. The van der Waals surface area contributed by atoms with Crippen molar-refractivity contribution in [2.75, 3.05) is 13.1 Å². The molecule has 1 aliphatic heterocycles. The minimum Gasteiger partial charge on any atom is -0.313 e. The molecule has 1 atom stereocenters. The van der Waals surface area contributed by atoms with Gasteiger partial charge in [-0.15, -0.1) is 0 Å². The predicted octanol–water partition coefficient (Wildman–Crippen LogP) is 1.65. The number of rotatable bonds is 6. The quantitative estimate of drug-likeness (QED) is 0.849. The summed E-state index contributed by atoms with van der Waals surface area (Å²) in [5.41, 5.74) is 0. The van der Waals surface area contributed by atoms with Crippen LogP contribution in [0.25, 0.3) is 0 Å². The van der Waals surface area contributed by atoms with Crippen LogP contribution >= 0.6 is 0 Å². The average Bonchev–Trinajstić information content (AvgIpc) is 2.86. The topological polar surface area (TPSA) is 46.0 Å². The molecular formula is C14H27N5. The minimum absolute atomic E-state index is 0.533. The molecule has 0 amide bonds. The fourth-order valence-corrected chi connectivity index (χ4v) is 2.68. The Morgan fingerprint density at radius 3 is 2.95 bits per heavy atom. The molecule has 0 aromatic carbocycles. The Hall–Kier alpha value is -0.940. The molecule has 19 heavy (non-hydrogen) atoms. The first-order valence-electron chi connectivity index (χ1n) is 7.54. The molecule has 1 saturated heterocycles. The average molecular weight is 265 g/mol. The van der Waals surface area contributed by atoms with Crippen molar-refractivity contribution in [2.24, 2.45) is 0 Å². The standard InChI is InChI=1S/C14H27N5/c1-4-19-14(16-11-17-19)10-18(12(2)3)9-13-7-5-6-8-15-13/h11-13,15H,4-10H2,1-3H3. The number of aryl methyl sites for hydroxylation is 1. The third kappa shape index (κ3) is 4.01. The van der Waals surface area contributed by atoms with Gasteiger partial charge in [0.2, 0.25) is 0 Å². The van der Waals surface area contributed by atoms with Crippen molar-refractivity contribution in [3.8, 4) is 0 Å². The third-order valence-electron chi connectivity index (χ3n) is 3.94. The Bertz CT molecular complexity index is 368. The van der Waals surface area contributed by atoms with Gasteiger partial charge in [0.15, 0.2) is 0 Å². The van der Waals surface area contributed by atoms with E-state index in [1.807, 2.05) is 4.68 Å². The second-order valence-electron chi connectivity index (χ2n) is 5.66. The van der Waals surface area contributed by atoms with Gasteiger partial charge >= 0.3 is 0 Å². The van der Waals surface area contributed by atoms with Crippen LogP contribution < -0.4 is 5.32 Å². The van der Waals surface area contributed by atoms with E-state index in [1.54, 1.807) is 6.33 Å². The van der Waals surface area contributed by atoms with E-state index in [4.69, 9.17) is 0 Å². The van der Waals surface area contributed by atoms with E-state index >= 15 is 0 Å². The van der Waals surface area contributed by atoms with Gasteiger partial charge in [-0.1, -0.05) is 6.42 Å². The van der Waals surface area contributed by atoms with Crippen molar-refractivity contribution in [3.05, 3.63) is 12.2 Å². The van der Waals surface area contributed by atoms with Gasteiger partial charge in [0.1, 0.15) is 12.2 Å². The third-order valence-corrected chi connectivity index (χ3v) is 3.94. The van der Waals surface area contributed by atoms with Gasteiger partial charge in [-0.25, -0.2) is 9.67 Å². The fraction of sp³-hybridized carbons (Fsp3) is 0.857. The highest BCUT2D eigenvalue weighted by Gasteiger charge is 2.20. The molecule has 0 radical (unpaired) electrons. The van der Waals surface area contributed by atoms with E-state index in [0.717, 1.165) is 25.5 Å². The Balaban J connectivity index is 1.95. The van der Waals surface area contributed by atoms with Crippen LogP contribution in [0, 0.1) is 0 Å². The summed E-state index contributed by atoms with van der Waals surface area (Å²) >= 11 is 0. The molecule has 2 rings (SSSR count). The van der Waals surface area contributed by atoms with Gasteiger partial charge in [0, 0.05) is 25.2 Å². The number of aromatic nitrogens is 3. The molecule has 0 bridgehead atoms. The minimum atomic E-state index is 0.533. The largest absolute Gasteiger partial charge is 0.313 e. The highest BCUT2D eigenvalue weighted by Crippen LogP contribution is 2.12. The summed E-state index contributed by atoms with van der Waals surface area (Å²) in [7, 11) is 0. The summed E-state index contributed by atoms with van der Waals surface area (Å²) in [6.45, 7) is 10.7. The first-order chi connectivity index (χ1) is 9.20. The summed E-state index contributed by atoms with van der Waals surface area (Å²) in [6, 6.07) is 1.17. The molecule has 1 fully saturated rings. The van der Waals surface area contributed by atoms with Gasteiger partial charge in [0.05, 0.1) is 6.54 Å². The van der Waals surface area contributed by atoms with Gasteiger partial charge < -0.3 is 5.32 Å². The first-order valence-corrected chi connectivity index (χ1v) is 7.54. The van der Waals surface area contributed by atoms with Gasteiger partial charge in [-0.2, -0.15) is 5.10 Å². The maximum Gasteiger partial charge on any atom is 0.141 e. The second kappa shape index (κ2) is 7.01. The zero-order valence-corrected chi connectivity index (χ0v) is 12.5. The highest BCUT2D eigenvalue weighted by atomic mass is 15.3. The number of nitrogens with zero attached hydrogens (tertiary/aromatic N) is 4. The van der Waals surface area contributed by atoms with Crippen molar-refractivity contribution >= 4 is 0 Å². The number of piperidine rings is 1. The second-order valence-corrected chi connectivity index (χ2v) is 5.66. The van der Waals surface area contributed by atoms with Crippen LogP contribution in [0.4, 0.5) is 0 Å². The van der Waals surface area contributed by atoms with E-state index in [9.17, 15) is 0 Å². The number of hydrogen-bond donors (Lipinski definition) is 1.